The predicted octanol–water partition coefficient (Wildman–Crippen LogP) is 7.05. The monoisotopic (exact) mass is 512 g/mol. The van der Waals surface area contributed by atoms with E-state index in [4.69, 9.17) is 15.3 Å². The maximum absolute atomic E-state index is 11.2. The van der Waals surface area contributed by atoms with Crippen LogP contribution < -0.4 is 0 Å². The van der Waals surface area contributed by atoms with Crippen molar-refractivity contribution in [2.75, 3.05) is 26.2 Å². The van der Waals surface area contributed by atoms with Crippen molar-refractivity contribution in [2.45, 2.75) is 128 Å². The fraction of sp³-hybridized carbons (Fsp3) is 0.828. The molecule has 7 heteroatoms. The van der Waals surface area contributed by atoms with E-state index < -0.39 is 42.0 Å². The molecule has 0 unspecified atom stereocenters. The Balaban J connectivity index is 3.63. The fourth-order valence-electron chi connectivity index (χ4n) is 5.01. The predicted molar refractivity (Wildman–Crippen MR) is 145 cm³/mol. The van der Waals surface area contributed by atoms with Gasteiger partial charge < -0.3 is 15.3 Å². The van der Waals surface area contributed by atoms with Crippen LogP contribution >= 0.6 is 0 Å². The number of carboxylic acids is 3. The molecule has 0 rings (SSSR count). The summed E-state index contributed by atoms with van der Waals surface area (Å²) in [6.07, 6.45) is 26.8. The second-order valence-electron chi connectivity index (χ2n) is 10.5. The minimum atomic E-state index is -1.17. The molecule has 0 amide bonds. The molecular formula is C29H54NO6+. The van der Waals surface area contributed by atoms with Gasteiger partial charge in [0.15, 0.2) is 19.6 Å². The van der Waals surface area contributed by atoms with Crippen LogP contribution in [0.15, 0.2) is 12.7 Å². The van der Waals surface area contributed by atoms with Gasteiger partial charge in [0.2, 0.25) is 0 Å². The molecule has 0 aromatic carbocycles. The SMILES string of the molecule is C=CCCCCCCCCCCCCCCCCCCCCC[N+](CC(=O)O)(CC(=O)O)CC(=O)O. The number of hydrogen-bond acceptors (Lipinski definition) is 3. The van der Waals surface area contributed by atoms with Crippen LogP contribution in [0, 0.1) is 0 Å². The summed E-state index contributed by atoms with van der Waals surface area (Å²) in [7, 11) is 0. The number of aliphatic carboxylic acids is 3. The Morgan fingerprint density at radius 3 is 0.972 bits per heavy atom. The lowest BCUT2D eigenvalue weighted by molar-refractivity contribution is -0.907. The van der Waals surface area contributed by atoms with E-state index in [0.717, 1.165) is 25.7 Å². The molecule has 0 aromatic rings. The highest BCUT2D eigenvalue weighted by Gasteiger charge is 2.35. The van der Waals surface area contributed by atoms with Gasteiger partial charge in [0, 0.05) is 0 Å². The van der Waals surface area contributed by atoms with Gasteiger partial charge in [-0.1, -0.05) is 109 Å². The molecule has 3 N–H and O–H groups in total. The highest BCUT2D eigenvalue weighted by atomic mass is 16.4. The summed E-state index contributed by atoms with van der Waals surface area (Å²) < 4.78 is -0.434. The van der Waals surface area contributed by atoms with E-state index in [-0.39, 0.29) is 6.54 Å². The van der Waals surface area contributed by atoms with Crippen LogP contribution in [0.2, 0.25) is 0 Å². The maximum atomic E-state index is 11.2. The van der Waals surface area contributed by atoms with E-state index in [2.05, 4.69) is 6.58 Å². The van der Waals surface area contributed by atoms with Gasteiger partial charge in [-0.05, 0) is 25.7 Å². The molecule has 7 nitrogen and oxygen atoms in total. The number of carbonyl (C=O) groups is 3. The Bertz CT molecular complexity index is 552. The van der Waals surface area contributed by atoms with Crippen LogP contribution in [-0.4, -0.2) is 63.9 Å². The molecule has 0 aliphatic heterocycles. The molecule has 0 radical (unpaired) electrons. The first-order valence-electron chi connectivity index (χ1n) is 14.4. The third-order valence-corrected chi connectivity index (χ3v) is 6.95. The third-order valence-electron chi connectivity index (χ3n) is 6.95. The summed E-state index contributed by atoms with van der Waals surface area (Å²) in [6.45, 7) is 2.60. The standard InChI is InChI=1S/C29H53NO6/c1-2-3-4-5-6-7-8-9-10-11-12-13-14-15-16-17-18-19-20-21-22-23-30(24-27(31)32,25-28(33)34)26-29(35)36/h2H,1,3-26H2,(H2-,31,32,33,34,35,36)/p+1. The van der Waals surface area contributed by atoms with Gasteiger partial charge in [0.25, 0.3) is 0 Å². The van der Waals surface area contributed by atoms with E-state index >= 15 is 0 Å². The van der Waals surface area contributed by atoms with Crippen molar-refractivity contribution < 1.29 is 34.2 Å². The lowest BCUT2D eigenvalue weighted by Crippen LogP contribution is -2.57. The third kappa shape index (κ3) is 22.6. The maximum Gasteiger partial charge on any atom is 0.359 e. The average Bonchev–Trinajstić information content (AvgIpc) is 2.78. The highest BCUT2D eigenvalue weighted by molar-refractivity contribution is 5.73. The highest BCUT2D eigenvalue weighted by Crippen LogP contribution is 2.16. The van der Waals surface area contributed by atoms with E-state index in [1.54, 1.807) is 0 Å². The normalized spacial score (nSPS) is 11.4. The Kier molecular flexibility index (Phi) is 22.3. The summed E-state index contributed by atoms with van der Waals surface area (Å²) in [5.41, 5.74) is 0. The Morgan fingerprint density at radius 2 is 0.722 bits per heavy atom. The van der Waals surface area contributed by atoms with Gasteiger partial charge in [-0.25, -0.2) is 14.4 Å². The molecule has 36 heavy (non-hydrogen) atoms. The number of hydrogen-bond donors (Lipinski definition) is 3. The number of allylic oxidation sites excluding steroid dienone is 1. The summed E-state index contributed by atoms with van der Waals surface area (Å²) in [5.74, 6) is -3.50. The topological polar surface area (TPSA) is 112 Å². The van der Waals surface area contributed by atoms with Crippen molar-refractivity contribution in [2.24, 2.45) is 0 Å². The molecule has 0 fully saturated rings. The van der Waals surface area contributed by atoms with Crippen LogP contribution in [-0.2, 0) is 14.4 Å². The molecule has 210 valence electrons. The number of rotatable bonds is 28. The number of carboxylic acid groups (broad SMARTS) is 3. The zero-order valence-electron chi connectivity index (χ0n) is 22.8. The second-order valence-corrected chi connectivity index (χ2v) is 10.5. The smallest absolute Gasteiger partial charge is 0.359 e. The molecule has 0 bridgehead atoms. The second kappa shape index (κ2) is 23.5. The summed E-state index contributed by atoms with van der Waals surface area (Å²) in [5, 5.41) is 27.4. The largest absolute Gasteiger partial charge is 0.477 e. The van der Waals surface area contributed by atoms with Crippen LogP contribution in [0.3, 0.4) is 0 Å². The summed E-state index contributed by atoms with van der Waals surface area (Å²) in [6, 6.07) is 0. The van der Waals surface area contributed by atoms with Gasteiger partial charge in [0.1, 0.15) is 0 Å². The zero-order valence-corrected chi connectivity index (χ0v) is 22.8. The van der Waals surface area contributed by atoms with Gasteiger partial charge in [-0.3, -0.25) is 4.48 Å². The first-order valence-corrected chi connectivity index (χ1v) is 14.4. The van der Waals surface area contributed by atoms with E-state index in [0.29, 0.717) is 6.42 Å². The molecular weight excluding hydrogens is 458 g/mol. The minimum Gasteiger partial charge on any atom is -0.477 e. The first kappa shape index (κ1) is 34.1. The lowest BCUT2D eigenvalue weighted by atomic mass is 10.0. The van der Waals surface area contributed by atoms with Crippen molar-refractivity contribution in [3.8, 4) is 0 Å². The quantitative estimate of drug-likeness (QED) is 0.0588. The molecule has 0 atom stereocenters. The molecule has 0 saturated heterocycles. The van der Waals surface area contributed by atoms with Crippen molar-refractivity contribution in [1.29, 1.82) is 0 Å². The number of unbranched alkanes of at least 4 members (excludes halogenated alkanes) is 19. The molecule has 0 spiro atoms. The molecule has 0 heterocycles. The zero-order chi connectivity index (χ0) is 26.9. The van der Waals surface area contributed by atoms with Crippen LogP contribution in [0.4, 0.5) is 0 Å². The van der Waals surface area contributed by atoms with Crippen molar-refractivity contribution in [3.63, 3.8) is 0 Å². The summed E-state index contributed by atoms with van der Waals surface area (Å²) in [4.78, 5) is 33.6. The Hall–Kier alpha value is -1.89. The van der Waals surface area contributed by atoms with E-state index in [9.17, 15) is 14.4 Å². The van der Waals surface area contributed by atoms with Gasteiger partial charge in [-0.2, -0.15) is 0 Å². The van der Waals surface area contributed by atoms with Crippen molar-refractivity contribution in [3.05, 3.63) is 12.7 Å². The van der Waals surface area contributed by atoms with Crippen LogP contribution in [0.25, 0.3) is 0 Å². The van der Waals surface area contributed by atoms with Crippen LogP contribution in [0.5, 0.6) is 0 Å². The van der Waals surface area contributed by atoms with Gasteiger partial charge in [-0.15, -0.1) is 6.58 Å². The van der Waals surface area contributed by atoms with E-state index in [1.165, 1.54) is 96.3 Å². The van der Waals surface area contributed by atoms with E-state index in [1.807, 2.05) is 6.08 Å². The van der Waals surface area contributed by atoms with Crippen LogP contribution in [0.1, 0.15) is 128 Å². The van der Waals surface area contributed by atoms with Gasteiger partial charge >= 0.3 is 17.9 Å². The fourth-order valence-corrected chi connectivity index (χ4v) is 5.01. The number of nitrogens with zero attached hydrogens (tertiary/aromatic N) is 1. The lowest BCUT2D eigenvalue weighted by Gasteiger charge is -2.34. The Morgan fingerprint density at radius 1 is 0.472 bits per heavy atom. The minimum absolute atomic E-state index is 0.265. The average molecular weight is 513 g/mol. The van der Waals surface area contributed by atoms with Gasteiger partial charge in [0.05, 0.1) is 6.54 Å². The molecule has 0 aliphatic carbocycles. The molecule has 0 saturated carbocycles. The van der Waals surface area contributed by atoms with Crippen molar-refractivity contribution in [1.82, 2.24) is 0 Å². The molecule has 0 aromatic heterocycles. The summed E-state index contributed by atoms with van der Waals surface area (Å²) >= 11 is 0. The number of quaternary nitrogens is 1. The Labute approximate surface area is 219 Å². The van der Waals surface area contributed by atoms with Crippen molar-refractivity contribution >= 4 is 17.9 Å². The first-order chi connectivity index (χ1) is 17.3. The molecule has 0 aliphatic rings.